The number of hydrogen-bond acceptors (Lipinski definition) is 3. The predicted molar refractivity (Wildman–Crippen MR) is 108 cm³/mol. The van der Waals surface area contributed by atoms with Crippen LogP contribution in [-0.4, -0.2) is 29.3 Å². The van der Waals surface area contributed by atoms with Gasteiger partial charge in [0.15, 0.2) is 0 Å². The molecule has 0 bridgehead atoms. The Hall–Kier alpha value is -2.93. The SMILES string of the molecule is CCCCC1(c2ccc(F)cc2)NC(=O)N(CC(=O)Nc2ccc(Cl)cc2)C1=O. The average Bonchev–Trinajstić information content (AvgIpc) is 2.94. The Balaban J connectivity index is 1.80. The zero-order valence-electron chi connectivity index (χ0n) is 15.9. The van der Waals surface area contributed by atoms with E-state index in [1.54, 1.807) is 24.3 Å². The second-order valence-electron chi connectivity index (χ2n) is 6.89. The van der Waals surface area contributed by atoms with Crippen LogP contribution in [0.5, 0.6) is 0 Å². The number of unbranched alkanes of at least 4 members (excludes halogenated alkanes) is 1. The van der Waals surface area contributed by atoms with Gasteiger partial charge in [0.05, 0.1) is 0 Å². The van der Waals surface area contributed by atoms with E-state index in [9.17, 15) is 18.8 Å². The first-order valence-electron chi connectivity index (χ1n) is 9.31. The molecule has 6 nitrogen and oxygen atoms in total. The van der Waals surface area contributed by atoms with Crippen LogP contribution in [0.3, 0.4) is 0 Å². The minimum atomic E-state index is -1.30. The largest absolute Gasteiger partial charge is 0.325 e. The Morgan fingerprint density at radius 3 is 2.41 bits per heavy atom. The number of hydrogen-bond donors (Lipinski definition) is 2. The summed E-state index contributed by atoms with van der Waals surface area (Å²) in [6.07, 6.45) is 1.84. The molecule has 152 valence electrons. The van der Waals surface area contributed by atoms with E-state index in [4.69, 9.17) is 11.6 Å². The van der Waals surface area contributed by atoms with Crippen molar-refractivity contribution in [3.8, 4) is 0 Å². The summed E-state index contributed by atoms with van der Waals surface area (Å²) in [5, 5.41) is 5.89. The molecule has 1 fully saturated rings. The van der Waals surface area contributed by atoms with Crippen molar-refractivity contribution in [3.05, 3.63) is 64.9 Å². The van der Waals surface area contributed by atoms with Gasteiger partial charge in [0.2, 0.25) is 5.91 Å². The number of halogens is 2. The fourth-order valence-corrected chi connectivity index (χ4v) is 3.46. The van der Waals surface area contributed by atoms with Crippen molar-refractivity contribution in [1.29, 1.82) is 0 Å². The lowest BCUT2D eigenvalue weighted by Crippen LogP contribution is -2.44. The van der Waals surface area contributed by atoms with Crippen molar-refractivity contribution in [2.75, 3.05) is 11.9 Å². The van der Waals surface area contributed by atoms with Gasteiger partial charge in [-0.25, -0.2) is 9.18 Å². The second-order valence-corrected chi connectivity index (χ2v) is 7.33. The van der Waals surface area contributed by atoms with Gasteiger partial charge in [0.1, 0.15) is 17.9 Å². The molecule has 2 aromatic carbocycles. The van der Waals surface area contributed by atoms with Crippen LogP contribution in [0.1, 0.15) is 31.7 Å². The van der Waals surface area contributed by atoms with Crippen molar-refractivity contribution in [2.45, 2.75) is 31.7 Å². The van der Waals surface area contributed by atoms with Crippen LogP contribution in [-0.2, 0) is 15.1 Å². The van der Waals surface area contributed by atoms with Crippen molar-refractivity contribution in [1.82, 2.24) is 10.2 Å². The van der Waals surface area contributed by atoms with Gasteiger partial charge >= 0.3 is 6.03 Å². The summed E-state index contributed by atoms with van der Waals surface area (Å²) >= 11 is 5.82. The van der Waals surface area contributed by atoms with Crippen LogP contribution in [0.25, 0.3) is 0 Å². The highest BCUT2D eigenvalue weighted by Crippen LogP contribution is 2.34. The van der Waals surface area contributed by atoms with Crippen LogP contribution >= 0.6 is 11.6 Å². The minimum absolute atomic E-state index is 0.356. The Kier molecular flexibility index (Phi) is 6.17. The molecule has 1 aliphatic heterocycles. The van der Waals surface area contributed by atoms with Crippen molar-refractivity contribution in [3.63, 3.8) is 0 Å². The van der Waals surface area contributed by atoms with E-state index in [1.807, 2.05) is 6.92 Å². The van der Waals surface area contributed by atoms with Gasteiger partial charge in [0.25, 0.3) is 5.91 Å². The first-order valence-corrected chi connectivity index (χ1v) is 9.69. The van der Waals surface area contributed by atoms with Crippen molar-refractivity contribution < 1.29 is 18.8 Å². The highest BCUT2D eigenvalue weighted by molar-refractivity contribution is 6.30. The Bertz CT molecular complexity index is 918. The topological polar surface area (TPSA) is 78.5 Å². The normalized spacial score (nSPS) is 18.7. The van der Waals surface area contributed by atoms with E-state index in [0.29, 0.717) is 29.1 Å². The van der Waals surface area contributed by atoms with Gasteiger partial charge in [-0.1, -0.05) is 43.5 Å². The third kappa shape index (κ3) is 4.40. The van der Waals surface area contributed by atoms with E-state index in [0.717, 1.165) is 11.3 Å². The standard InChI is InChI=1S/C21H21ClFN3O3/c1-2-3-12-21(14-4-8-16(23)9-5-14)19(28)26(20(29)25-21)13-18(27)24-17-10-6-15(22)7-11-17/h4-11H,2-3,12-13H2,1H3,(H,24,27)(H,25,29). The maximum atomic E-state index is 13.4. The Morgan fingerprint density at radius 1 is 1.14 bits per heavy atom. The molecule has 0 saturated carbocycles. The predicted octanol–water partition coefficient (Wildman–Crippen LogP) is 4.06. The number of carbonyl (C=O) groups is 3. The van der Waals surface area contributed by atoms with E-state index < -0.39 is 35.7 Å². The molecule has 0 radical (unpaired) electrons. The van der Waals surface area contributed by atoms with E-state index in [2.05, 4.69) is 10.6 Å². The lowest BCUT2D eigenvalue weighted by atomic mass is 9.85. The number of benzene rings is 2. The zero-order chi connectivity index (χ0) is 21.0. The number of nitrogens with zero attached hydrogens (tertiary/aromatic N) is 1. The molecule has 1 unspecified atom stereocenters. The van der Waals surface area contributed by atoms with E-state index >= 15 is 0 Å². The second kappa shape index (κ2) is 8.61. The molecule has 2 aromatic rings. The van der Waals surface area contributed by atoms with Crippen LogP contribution in [0.4, 0.5) is 14.9 Å². The van der Waals surface area contributed by atoms with Crippen LogP contribution < -0.4 is 10.6 Å². The molecule has 0 aromatic heterocycles. The summed E-state index contributed by atoms with van der Waals surface area (Å²) in [6.45, 7) is 1.54. The number of amides is 4. The summed E-state index contributed by atoms with van der Waals surface area (Å²) in [6, 6.07) is 11.3. The Morgan fingerprint density at radius 2 is 1.79 bits per heavy atom. The van der Waals surface area contributed by atoms with Crippen molar-refractivity contribution in [2.24, 2.45) is 0 Å². The molecule has 1 aliphatic rings. The van der Waals surface area contributed by atoms with E-state index in [-0.39, 0.29) is 0 Å². The third-order valence-electron chi connectivity index (χ3n) is 4.85. The molecule has 3 rings (SSSR count). The molecular weight excluding hydrogens is 397 g/mol. The molecule has 8 heteroatoms. The van der Waals surface area contributed by atoms with Gasteiger partial charge in [-0.05, 0) is 48.4 Å². The van der Waals surface area contributed by atoms with Crippen LogP contribution in [0.15, 0.2) is 48.5 Å². The first-order chi connectivity index (χ1) is 13.9. The van der Waals surface area contributed by atoms with Gasteiger partial charge in [-0.15, -0.1) is 0 Å². The monoisotopic (exact) mass is 417 g/mol. The quantitative estimate of drug-likeness (QED) is 0.667. The molecule has 29 heavy (non-hydrogen) atoms. The molecule has 2 N–H and O–H groups in total. The maximum absolute atomic E-state index is 13.4. The maximum Gasteiger partial charge on any atom is 0.325 e. The summed E-state index contributed by atoms with van der Waals surface area (Å²) in [5.41, 5.74) is -0.310. The van der Waals surface area contributed by atoms with Crippen molar-refractivity contribution >= 4 is 35.1 Å². The third-order valence-corrected chi connectivity index (χ3v) is 5.10. The zero-order valence-corrected chi connectivity index (χ0v) is 16.6. The van der Waals surface area contributed by atoms with Crippen LogP contribution in [0.2, 0.25) is 5.02 Å². The summed E-state index contributed by atoms with van der Waals surface area (Å²) in [5.74, 6) is -1.47. The summed E-state index contributed by atoms with van der Waals surface area (Å²) < 4.78 is 13.4. The summed E-state index contributed by atoms with van der Waals surface area (Å²) in [7, 11) is 0. The van der Waals surface area contributed by atoms with Gasteiger partial charge in [-0.3, -0.25) is 14.5 Å². The van der Waals surface area contributed by atoms with Gasteiger partial charge < -0.3 is 10.6 Å². The molecule has 4 amide bonds. The number of urea groups is 1. The summed E-state index contributed by atoms with van der Waals surface area (Å²) in [4.78, 5) is 39.0. The Labute approximate surface area is 173 Å². The number of rotatable bonds is 7. The molecule has 1 heterocycles. The van der Waals surface area contributed by atoms with Gasteiger partial charge in [-0.2, -0.15) is 0 Å². The highest BCUT2D eigenvalue weighted by Gasteiger charge is 2.52. The lowest BCUT2D eigenvalue weighted by Gasteiger charge is -2.27. The number of anilines is 1. The van der Waals surface area contributed by atoms with E-state index in [1.165, 1.54) is 24.3 Å². The minimum Gasteiger partial charge on any atom is -0.325 e. The average molecular weight is 418 g/mol. The van der Waals surface area contributed by atoms with Gasteiger partial charge in [0, 0.05) is 10.7 Å². The molecule has 1 atom stereocenters. The fraction of sp³-hybridized carbons (Fsp3) is 0.286. The number of nitrogens with one attached hydrogen (secondary N) is 2. The first kappa shape index (κ1) is 20.8. The highest BCUT2D eigenvalue weighted by atomic mass is 35.5. The lowest BCUT2D eigenvalue weighted by molar-refractivity contribution is -0.134. The number of carbonyl (C=O) groups excluding carboxylic acids is 3. The smallest absolute Gasteiger partial charge is 0.325 e. The molecule has 1 saturated heterocycles. The fourth-order valence-electron chi connectivity index (χ4n) is 3.33. The van der Waals surface area contributed by atoms with Crippen LogP contribution in [0, 0.1) is 5.82 Å². The molecule has 0 spiro atoms. The molecule has 0 aliphatic carbocycles. The number of imide groups is 1. The molecular formula is C21H21ClFN3O3.